The van der Waals surface area contributed by atoms with Gasteiger partial charge in [0.15, 0.2) is 17.3 Å². The highest BCUT2D eigenvalue weighted by Crippen LogP contribution is 2.40. The fourth-order valence-corrected chi connectivity index (χ4v) is 4.25. The van der Waals surface area contributed by atoms with E-state index in [-0.39, 0.29) is 17.6 Å². The van der Waals surface area contributed by atoms with Crippen molar-refractivity contribution < 1.29 is 18.6 Å². The van der Waals surface area contributed by atoms with Gasteiger partial charge in [-0.2, -0.15) is 4.39 Å². The Labute approximate surface area is 151 Å². The molecular formula is C20H22F2N2O2. The average molecular weight is 360 g/mol. The lowest BCUT2D eigenvalue weighted by Gasteiger charge is -2.20. The highest BCUT2D eigenvalue weighted by Gasteiger charge is 2.41. The largest absolute Gasteiger partial charge is 0.505 e. The third-order valence-corrected chi connectivity index (χ3v) is 5.53. The van der Waals surface area contributed by atoms with Crippen LogP contribution in [0.3, 0.4) is 0 Å². The summed E-state index contributed by atoms with van der Waals surface area (Å²) in [5.41, 5.74) is 0.894. The topological polar surface area (TPSA) is 45.6 Å². The van der Waals surface area contributed by atoms with Crippen molar-refractivity contribution in [1.82, 2.24) is 9.88 Å². The summed E-state index contributed by atoms with van der Waals surface area (Å²) in [6, 6.07) is 7.88. The van der Waals surface area contributed by atoms with Crippen LogP contribution in [0.15, 0.2) is 36.5 Å². The van der Waals surface area contributed by atoms with Gasteiger partial charge in [-0.05, 0) is 60.9 Å². The Morgan fingerprint density at radius 1 is 1.15 bits per heavy atom. The predicted octanol–water partition coefficient (Wildman–Crippen LogP) is 3.40. The second-order valence-corrected chi connectivity index (χ2v) is 7.32. The van der Waals surface area contributed by atoms with Gasteiger partial charge in [0.25, 0.3) is 5.95 Å². The number of hydrogen-bond donors (Lipinski definition) is 1. The van der Waals surface area contributed by atoms with Crippen molar-refractivity contribution in [2.45, 2.75) is 25.4 Å². The molecule has 1 aliphatic heterocycles. The van der Waals surface area contributed by atoms with Crippen molar-refractivity contribution in [2.75, 3.05) is 19.6 Å². The number of aromatic nitrogens is 1. The second-order valence-electron chi connectivity index (χ2n) is 7.32. The molecule has 1 aromatic heterocycles. The first-order valence-electron chi connectivity index (χ1n) is 9.05. The summed E-state index contributed by atoms with van der Waals surface area (Å²) in [6.45, 7) is 2.88. The van der Waals surface area contributed by atoms with Crippen LogP contribution >= 0.6 is 0 Å². The summed E-state index contributed by atoms with van der Waals surface area (Å²) in [5.74, 6) is -0.0486. The van der Waals surface area contributed by atoms with Gasteiger partial charge in [-0.1, -0.05) is 6.07 Å². The first kappa shape index (κ1) is 17.2. The molecule has 0 amide bonds. The van der Waals surface area contributed by atoms with E-state index in [4.69, 9.17) is 4.74 Å². The van der Waals surface area contributed by atoms with E-state index in [0.29, 0.717) is 11.8 Å². The van der Waals surface area contributed by atoms with E-state index in [2.05, 4.69) is 9.88 Å². The molecule has 0 radical (unpaired) electrons. The zero-order valence-corrected chi connectivity index (χ0v) is 14.4. The minimum Gasteiger partial charge on any atom is -0.505 e. The van der Waals surface area contributed by atoms with Crippen molar-refractivity contribution in [3.63, 3.8) is 0 Å². The number of phenols is 1. The van der Waals surface area contributed by atoms with E-state index in [1.165, 1.54) is 18.3 Å². The zero-order valence-electron chi connectivity index (χ0n) is 14.4. The smallest absolute Gasteiger partial charge is 0.255 e. The standard InChI is InChI=1S/C20H22F2N2O2/c21-17-8-13(3-4-18(17)25)5-7-24-11-14-9-16(10-15(14)12-24)26-19-2-1-6-23-20(19)22/h1-4,6,8,14-16,25H,5,7,9-12H2/t14-,15+,16?. The second kappa shape index (κ2) is 7.19. The Balaban J connectivity index is 1.27. The number of ether oxygens (including phenoxy) is 1. The van der Waals surface area contributed by atoms with E-state index >= 15 is 0 Å². The minimum absolute atomic E-state index is 0.0528. The first-order chi connectivity index (χ1) is 12.6. The zero-order chi connectivity index (χ0) is 18.1. The van der Waals surface area contributed by atoms with Gasteiger partial charge in [-0.25, -0.2) is 9.37 Å². The molecule has 1 saturated carbocycles. The normalized spacial score (nSPS) is 25.4. The summed E-state index contributed by atoms with van der Waals surface area (Å²) in [4.78, 5) is 6.03. The maximum Gasteiger partial charge on any atom is 0.255 e. The van der Waals surface area contributed by atoms with Gasteiger partial charge in [0.2, 0.25) is 0 Å². The van der Waals surface area contributed by atoms with Crippen molar-refractivity contribution in [3.8, 4) is 11.5 Å². The summed E-state index contributed by atoms with van der Waals surface area (Å²) >= 11 is 0. The van der Waals surface area contributed by atoms with E-state index in [1.807, 2.05) is 0 Å². The Hall–Kier alpha value is -2.21. The number of fused-ring (bicyclic) bond motifs is 1. The number of hydrogen-bond acceptors (Lipinski definition) is 4. The number of aromatic hydroxyl groups is 1. The van der Waals surface area contributed by atoms with Crippen LogP contribution in [0.2, 0.25) is 0 Å². The molecule has 4 rings (SSSR count). The molecule has 0 spiro atoms. The van der Waals surface area contributed by atoms with Gasteiger partial charge in [-0.15, -0.1) is 0 Å². The summed E-state index contributed by atoms with van der Waals surface area (Å²) in [6.07, 6.45) is 4.10. The number of benzene rings is 1. The predicted molar refractivity (Wildman–Crippen MR) is 93.0 cm³/mol. The molecule has 138 valence electrons. The molecule has 1 unspecified atom stereocenters. The number of halogens is 2. The van der Waals surface area contributed by atoms with Crippen LogP contribution in [-0.2, 0) is 6.42 Å². The van der Waals surface area contributed by atoms with E-state index < -0.39 is 11.8 Å². The fourth-order valence-electron chi connectivity index (χ4n) is 4.25. The Morgan fingerprint density at radius 2 is 1.92 bits per heavy atom. The molecular weight excluding hydrogens is 338 g/mol. The molecule has 0 bridgehead atoms. The van der Waals surface area contributed by atoms with Crippen molar-refractivity contribution >= 4 is 0 Å². The molecule has 1 aromatic carbocycles. The van der Waals surface area contributed by atoms with Crippen LogP contribution in [0, 0.1) is 23.6 Å². The molecule has 26 heavy (non-hydrogen) atoms. The minimum atomic E-state index is -0.566. The third-order valence-electron chi connectivity index (χ3n) is 5.53. The molecule has 2 aromatic rings. The summed E-state index contributed by atoms with van der Waals surface area (Å²) in [7, 11) is 0. The van der Waals surface area contributed by atoms with Crippen molar-refractivity contribution in [2.24, 2.45) is 11.8 Å². The van der Waals surface area contributed by atoms with Gasteiger partial charge in [0.05, 0.1) is 6.10 Å². The summed E-state index contributed by atoms with van der Waals surface area (Å²) in [5, 5.41) is 9.26. The van der Waals surface area contributed by atoms with Crippen molar-refractivity contribution in [1.29, 1.82) is 0 Å². The molecule has 2 fully saturated rings. The first-order valence-corrected chi connectivity index (χ1v) is 9.05. The third kappa shape index (κ3) is 3.65. The SMILES string of the molecule is Oc1ccc(CCN2C[C@H]3CC(Oc4cccnc4F)C[C@H]3C2)cc1F. The van der Waals surface area contributed by atoms with Gasteiger partial charge in [0, 0.05) is 25.8 Å². The van der Waals surface area contributed by atoms with Gasteiger partial charge in [-0.3, -0.25) is 0 Å². The molecule has 2 aliphatic rings. The van der Waals surface area contributed by atoms with E-state index in [1.54, 1.807) is 18.2 Å². The Kier molecular flexibility index (Phi) is 4.76. The number of phenolic OH excluding ortho intramolecular Hbond substituents is 1. The summed E-state index contributed by atoms with van der Waals surface area (Å²) < 4.78 is 32.8. The number of nitrogens with zero attached hydrogens (tertiary/aromatic N) is 2. The van der Waals surface area contributed by atoms with Gasteiger partial charge in [0.1, 0.15) is 0 Å². The molecule has 6 heteroatoms. The molecule has 4 nitrogen and oxygen atoms in total. The van der Waals surface area contributed by atoms with E-state index in [9.17, 15) is 13.9 Å². The average Bonchev–Trinajstić information content (AvgIpc) is 3.16. The van der Waals surface area contributed by atoms with Crippen LogP contribution in [0.5, 0.6) is 11.5 Å². The van der Waals surface area contributed by atoms with Crippen LogP contribution in [0.1, 0.15) is 18.4 Å². The van der Waals surface area contributed by atoms with Crippen LogP contribution in [0.25, 0.3) is 0 Å². The van der Waals surface area contributed by atoms with Crippen LogP contribution in [0.4, 0.5) is 8.78 Å². The lowest BCUT2D eigenvalue weighted by atomic mass is 10.0. The molecule has 2 heterocycles. The Morgan fingerprint density at radius 3 is 2.62 bits per heavy atom. The number of pyridine rings is 1. The molecule has 1 saturated heterocycles. The monoisotopic (exact) mass is 360 g/mol. The number of rotatable bonds is 5. The van der Waals surface area contributed by atoms with E-state index in [0.717, 1.165) is 44.5 Å². The molecule has 1 aliphatic carbocycles. The highest BCUT2D eigenvalue weighted by molar-refractivity contribution is 5.28. The quantitative estimate of drug-likeness (QED) is 0.830. The lowest BCUT2D eigenvalue weighted by Crippen LogP contribution is -2.26. The lowest BCUT2D eigenvalue weighted by molar-refractivity contribution is 0.177. The highest BCUT2D eigenvalue weighted by atomic mass is 19.1. The van der Waals surface area contributed by atoms with Gasteiger partial charge >= 0.3 is 0 Å². The number of likely N-dealkylation sites (tertiary alicyclic amines) is 1. The Bertz CT molecular complexity index is 772. The fraction of sp³-hybridized carbons (Fsp3) is 0.450. The van der Waals surface area contributed by atoms with Crippen molar-refractivity contribution in [3.05, 3.63) is 53.9 Å². The van der Waals surface area contributed by atoms with Crippen LogP contribution in [-0.4, -0.2) is 40.7 Å². The maximum absolute atomic E-state index is 13.6. The van der Waals surface area contributed by atoms with Gasteiger partial charge < -0.3 is 14.7 Å². The molecule has 3 atom stereocenters. The molecule has 1 N–H and O–H groups in total. The maximum atomic E-state index is 13.6. The van der Waals surface area contributed by atoms with Crippen LogP contribution < -0.4 is 4.74 Å².